The first-order chi connectivity index (χ1) is 11.3. The van der Waals surface area contributed by atoms with E-state index in [9.17, 15) is 9.70 Å². The van der Waals surface area contributed by atoms with Crippen molar-refractivity contribution < 1.29 is 19.1 Å². The molecule has 1 aliphatic carbocycles. The average molecular weight is 353 g/mol. The third-order valence-electron chi connectivity index (χ3n) is 4.42. The summed E-state index contributed by atoms with van der Waals surface area (Å²) in [5.41, 5.74) is 7.10. The van der Waals surface area contributed by atoms with Gasteiger partial charge in [-0.2, -0.15) is 0 Å². The topological polar surface area (TPSA) is 94.0 Å². The van der Waals surface area contributed by atoms with Crippen LogP contribution in [0.1, 0.15) is 25.8 Å². The van der Waals surface area contributed by atoms with Crippen molar-refractivity contribution in [3.05, 3.63) is 33.7 Å². The van der Waals surface area contributed by atoms with E-state index in [4.69, 9.17) is 22.1 Å². The van der Waals surface area contributed by atoms with Crippen molar-refractivity contribution >= 4 is 29.1 Å². The van der Waals surface area contributed by atoms with Gasteiger partial charge in [-0.1, -0.05) is 29.7 Å². The Morgan fingerprint density at radius 1 is 1.50 bits per heavy atom. The first-order valence-corrected chi connectivity index (χ1v) is 8.05. The minimum Gasteiger partial charge on any atom is -0.384 e. The molecule has 0 bridgehead atoms. The summed E-state index contributed by atoms with van der Waals surface area (Å²) < 4.78 is 6.14. The minimum atomic E-state index is -0.551. The number of halogens is 1. The van der Waals surface area contributed by atoms with Crippen LogP contribution in [0.25, 0.3) is 0 Å². The Labute approximate surface area is 144 Å². The van der Waals surface area contributed by atoms with Crippen LogP contribution in [0, 0.1) is 10.8 Å². The maximum Gasteiger partial charge on any atom is 0.332 e. The Hall–Kier alpha value is -1.99. The van der Waals surface area contributed by atoms with E-state index in [1.54, 1.807) is 12.1 Å². The van der Waals surface area contributed by atoms with Gasteiger partial charge < -0.3 is 15.3 Å². The summed E-state index contributed by atoms with van der Waals surface area (Å²) in [5, 5.41) is 4.09. The number of amidine groups is 1. The number of carbonyl (C=O) groups is 1. The molecule has 1 aromatic rings. The molecule has 0 aromatic heterocycles. The SMILES string of the molecule is CC(=O)O/N=C(\N)[C@H]1C[C@@H]1[N+](=O)c1ccc(C2(C)COC2)c(Cl)c1. The first kappa shape index (κ1) is 16.9. The summed E-state index contributed by atoms with van der Waals surface area (Å²) in [7, 11) is 0. The van der Waals surface area contributed by atoms with Gasteiger partial charge in [-0.3, -0.25) is 0 Å². The van der Waals surface area contributed by atoms with Gasteiger partial charge in [-0.15, -0.1) is 0 Å². The lowest BCUT2D eigenvalue weighted by atomic mass is 9.81. The van der Waals surface area contributed by atoms with E-state index in [1.165, 1.54) is 6.92 Å². The Kier molecular flexibility index (Phi) is 4.31. The fourth-order valence-electron chi connectivity index (χ4n) is 2.83. The second-order valence-electron chi connectivity index (χ2n) is 6.55. The van der Waals surface area contributed by atoms with Crippen LogP contribution >= 0.6 is 11.6 Å². The van der Waals surface area contributed by atoms with Crippen LogP contribution < -0.4 is 5.73 Å². The number of ether oxygens (including phenoxy) is 1. The zero-order valence-corrected chi connectivity index (χ0v) is 14.2. The summed E-state index contributed by atoms with van der Waals surface area (Å²) in [6.45, 7) is 4.57. The molecule has 7 nitrogen and oxygen atoms in total. The third-order valence-corrected chi connectivity index (χ3v) is 4.73. The number of rotatable bonds is 5. The van der Waals surface area contributed by atoms with Gasteiger partial charge in [0, 0.05) is 40.6 Å². The largest absolute Gasteiger partial charge is 0.384 e. The molecule has 24 heavy (non-hydrogen) atoms. The number of hydrogen-bond donors (Lipinski definition) is 1. The van der Waals surface area contributed by atoms with Gasteiger partial charge in [-0.05, 0) is 5.56 Å². The van der Waals surface area contributed by atoms with Crippen molar-refractivity contribution in [1.29, 1.82) is 0 Å². The van der Waals surface area contributed by atoms with Crippen molar-refractivity contribution in [2.24, 2.45) is 16.8 Å². The highest BCUT2D eigenvalue weighted by Gasteiger charge is 2.54. The Morgan fingerprint density at radius 3 is 2.75 bits per heavy atom. The van der Waals surface area contributed by atoms with E-state index >= 15 is 0 Å². The van der Waals surface area contributed by atoms with Crippen LogP contribution in [0.15, 0.2) is 23.4 Å². The van der Waals surface area contributed by atoms with Crippen LogP contribution in [0.2, 0.25) is 5.02 Å². The molecule has 128 valence electrons. The number of carbonyl (C=O) groups excluding carboxylic acids is 1. The zero-order chi connectivity index (χ0) is 17.5. The molecule has 0 radical (unpaired) electrons. The summed E-state index contributed by atoms with van der Waals surface area (Å²) in [5.74, 6) is -0.624. The number of benzene rings is 1. The van der Waals surface area contributed by atoms with Gasteiger partial charge in [0.25, 0.3) is 5.69 Å². The number of oxime groups is 1. The lowest BCUT2D eigenvalue weighted by molar-refractivity contribution is -0.480. The van der Waals surface area contributed by atoms with Crippen molar-refractivity contribution in [2.45, 2.75) is 31.7 Å². The minimum absolute atomic E-state index is 0.0907. The third kappa shape index (κ3) is 3.14. The number of nitrogens with two attached hydrogens (primary N) is 1. The zero-order valence-electron chi connectivity index (χ0n) is 13.5. The summed E-state index contributed by atoms with van der Waals surface area (Å²) >= 11 is 6.35. The van der Waals surface area contributed by atoms with E-state index in [2.05, 4.69) is 16.9 Å². The van der Waals surface area contributed by atoms with Gasteiger partial charge in [0.15, 0.2) is 0 Å². The van der Waals surface area contributed by atoms with E-state index in [1.807, 2.05) is 6.07 Å². The van der Waals surface area contributed by atoms with Gasteiger partial charge in [0.1, 0.15) is 5.84 Å². The lowest BCUT2D eigenvalue weighted by Crippen LogP contribution is -2.44. The molecule has 2 N–H and O–H groups in total. The number of nitrogens with zero attached hydrogens (tertiary/aromatic N) is 2. The molecular formula is C16H19ClN3O4+. The summed E-state index contributed by atoms with van der Waals surface area (Å²) in [6.07, 6.45) is 0.561. The molecule has 1 aromatic carbocycles. The van der Waals surface area contributed by atoms with E-state index in [0.717, 1.165) is 10.3 Å². The molecule has 2 atom stereocenters. The van der Waals surface area contributed by atoms with Gasteiger partial charge >= 0.3 is 5.97 Å². The maximum absolute atomic E-state index is 12.5. The molecule has 8 heteroatoms. The smallest absolute Gasteiger partial charge is 0.332 e. The quantitative estimate of drug-likeness (QED) is 0.288. The molecule has 2 fully saturated rings. The van der Waals surface area contributed by atoms with Gasteiger partial charge in [0.2, 0.25) is 6.04 Å². The fraction of sp³-hybridized carbons (Fsp3) is 0.500. The maximum atomic E-state index is 12.5. The average Bonchev–Trinajstić information content (AvgIpc) is 3.30. The first-order valence-electron chi connectivity index (χ1n) is 7.67. The molecule has 3 rings (SSSR count). The second kappa shape index (κ2) is 6.14. The second-order valence-corrected chi connectivity index (χ2v) is 6.96. The molecule has 2 aliphatic rings. The van der Waals surface area contributed by atoms with Crippen LogP contribution in [0.3, 0.4) is 0 Å². The monoisotopic (exact) mass is 352 g/mol. The van der Waals surface area contributed by atoms with Crippen LogP contribution in [0.4, 0.5) is 5.69 Å². The highest BCUT2D eigenvalue weighted by Crippen LogP contribution is 2.41. The van der Waals surface area contributed by atoms with Crippen molar-refractivity contribution in [3.63, 3.8) is 0 Å². The molecule has 0 spiro atoms. The standard InChI is InChI=1S/C16H19ClN3O4/c1-9(21)24-19-15(18)11-6-14(11)20(22)10-3-4-12(13(17)5-10)16(2)7-23-8-16/h3-5,11,14H,6-8H2,1-2H3,(H2,18,19)/q+1/t11-,14-/m0/s1. The highest BCUT2D eigenvalue weighted by atomic mass is 35.5. The molecule has 1 saturated heterocycles. The van der Waals surface area contributed by atoms with Crippen molar-refractivity contribution in [3.8, 4) is 0 Å². The van der Waals surface area contributed by atoms with Crippen LogP contribution in [-0.2, 0) is 19.8 Å². The molecule has 1 heterocycles. The molecule has 1 aliphatic heterocycles. The summed E-state index contributed by atoms with van der Waals surface area (Å²) in [4.78, 5) is 27.7. The molecule has 0 amide bonds. The Balaban J connectivity index is 1.70. The molecule has 0 unspecified atom stereocenters. The Bertz CT molecular complexity index is 730. The predicted molar refractivity (Wildman–Crippen MR) is 88.2 cm³/mol. The van der Waals surface area contributed by atoms with Crippen molar-refractivity contribution in [1.82, 2.24) is 0 Å². The van der Waals surface area contributed by atoms with Gasteiger partial charge in [-0.25, -0.2) is 4.79 Å². The molecular weight excluding hydrogens is 334 g/mol. The van der Waals surface area contributed by atoms with Crippen LogP contribution in [-0.4, -0.2) is 35.8 Å². The van der Waals surface area contributed by atoms with E-state index in [-0.39, 0.29) is 23.2 Å². The Morgan fingerprint density at radius 2 is 2.21 bits per heavy atom. The van der Waals surface area contributed by atoms with E-state index < -0.39 is 5.97 Å². The number of nitroso groups, excluding NO2 is 1. The number of hydrogen-bond acceptors (Lipinski definition) is 5. The fourth-order valence-corrected chi connectivity index (χ4v) is 3.23. The normalized spacial score (nSPS) is 24.9. The highest BCUT2D eigenvalue weighted by molar-refractivity contribution is 6.31. The van der Waals surface area contributed by atoms with E-state index in [0.29, 0.717) is 30.3 Å². The van der Waals surface area contributed by atoms with Gasteiger partial charge in [0.05, 0.1) is 24.2 Å². The lowest BCUT2D eigenvalue weighted by Gasteiger charge is -2.38. The predicted octanol–water partition coefficient (Wildman–Crippen LogP) is 2.26. The summed E-state index contributed by atoms with van der Waals surface area (Å²) in [6, 6.07) is 4.97. The molecule has 1 saturated carbocycles. The van der Waals surface area contributed by atoms with Crippen molar-refractivity contribution in [2.75, 3.05) is 13.2 Å². The van der Waals surface area contributed by atoms with Crippen LogP contribution in [0.5, 0.6) is 0 Å².